The Morgan fingerprint density at radius 1 is 0.947 bits per heavy atom. The van der Waals surface area contributed by atoms with E-state index < -0.39 is 6.10 Å². The van der Waals surface area contributed by atoms with Crippen LogP contribution in [0.3, 0.4) is 0 Å². The molecule has 1 aromatic heterocycles. The van der Waals surface area contributed by atoms with Gasteiger partial charge < -0.3 is 9.52 Å². The zero-order valence-electron chi connectivity index (χ0n) is 11.1. The minimum absolute atomic E-state index is 0.594. The fraction of sp³-hybridized carbons (Fsp3) is 0.176. The van der Waals surface area contributed by atoms with Crippen LogP contribution in [0, 0.1) is 13.8 Å². The summed E-state index contributed by atoms with van der Waals surface area (Å²) in [6.45, 7) is 3.90. The second-order valence-electron chi connectivity index (χ2n) is 4.87. The second kappa shape index (κ2) is 4.56. The van der Waals surface area contributed by atoms with Crippen molar-refractivity contribution in [3.63, 3.8) is 0 Å². The maximum atomic E-state index is 10.6. The molecule has 2 nitrogen and oxygen atoms in total. The van der Waals surface area contributed by atoms with E-state index in [4.69, 9.17) is 4.42 Å². The molecule has 0 aliphatic heterocycles. The number of hydrogen-bond acceptors (Lipinski definition) is 2. The molecule has 0 saturated heterocycles. The van der Waals surface area contributed by atoms with Crippen LogP contribution in [0.5, 0.6) is 0 Å². The average Bonchev–Trinajstić information content (AvgIpc) is 2.85. The van der Waals surface area contributed by atoms with Gasteiger partial charge >= 0.3 is 0 Å². The number of aryl methyl sites for hydroxylation is 2. The van der Waals surface area contributed by atoms with Gasteiger partial charge in [0.05, 0.1) is 0 Å². The molecule has 96 valence electrons. The van der Waals surface area contributed by atoms with Gasteiger partial charge in [0.2, 0.25) is 0 Å². The smallest absolute Gasteiger partial charge is 0.137 e. The summed E-state index contributed by atoms with van der Waals surface area (Å²) in [4.78, 5) is 0. The molecule has 1 heterocycles. The maximum Gasteiger partial charge on any atom is 0.137 e. The second-order valence-corrected chi connectivity index (χ2v) is 4.87. The van der Waals surface area contributed by atoms with Gasteiger partial charge in [-0.2, -0.15) is 0 Å². The number of hydrogen-bond donors (Lipinski definition) is 1. The van der Waals surface area contributed by atoms with Crippen molar-refractivity contribution in [2.24, 2.45) is 0 Å². The molecule has 1 N–H and O–H groups in total. The molecule has 2 heteroatoms. The van der Waals surface area contributed by atoms with E-state index in [2.05, 4.69) is 12.1 Å². The quantitative estimate of drug-likeness (QED) is 0.744. The Hall–Kier alpha value is -2.06. The third-order valence-electron chi connectivity index (χ3n) is 3.49. The zero-order chi connectivity index (χ0) is 13.4. The topological polar surface area (TPSA) is 33.4 Å². The van der Waals surface area contributed by atoms with Crippen molar-refractivity contribution in [2.45, 2.75) is 20.0 Å². The molecule has 3 aromatic rings. The van der Waals surface area contributed by atoms with Gasteiger partial charge in [-0.15, -0.1) is 0 Å². The van der Waals surface area contributed by atoms with Gasteiger partial charge in [0, 0.05) is 0 Å². The molecule has 0 saturated carbocycles. The van der Waals surface area contributed by atoms with Crippen molar-refractivity contribution in [1.29, 1.82) is 0 Å². The maximum absolute atomic E-state index is 10.6. The molecule has 19 heavy (non-hydrogen) atoms. The van der Waals surface area contributed by atoms with Crippen LogP contribution >= 0.6 is 0 Å². The minimum atomic E-state index is -0.722. The molecule has 0 aliphatic carbocycles. The summed E-state index contributed by atoms with van der Waals surface area (Å²) in [5, 5.41) is 12.8. The number of aliphatic hydroxyl groups is 1. The van der Waals surface area contributed by atoms with E-state index in [-0.39, 0.29) is 0 Å². The van der Waals surface area contributed by atoms with E-state index in [1.54, 1.807) is 0 Å². The molecule has 0 fully saturated rings. The summed E-state index contributed by atoms with van der Waals surface area (Å²) in [6, 6.07) is 15.9. The third kappa shape index (κ3) is 2.04. The highest BCUT2D eigenvalue weighted by molar-refractivity contribution is 5.87. The summed E-state index contributed by atoms with van der Waals surface area (Å²) in [7, 11) is 0. The summed E-state index contributed by atoms with van der Waals surface area (Å²) >= 11 is 0. The Balaban J connectivity index is 2.21. The summed E-state index contributed by atoms with van der Waals surface area (Å²) in [5.74, 6) is 1.41. The van der Waals surface area contributed by atoms with Crippen molar-refractivity contribution in [1.82, 2.24) is 0 Å². The molecule has 0 amide bonds. The van der Waals surface area contributed by atoms with Crippen LogP contribution < -0.4 is 0 Å². The molecular weight excluding hydrogens is 236 g/mol. The lowest BCUT2D eigenvalue weighted by Gasteiger charge is -2.15. The summed E-state index contributed by atoms with van der Waals surface area (Å²) in [5.41, 5.74) is 1.99. The van der Waals surface area contributed by atoms with Crippen LogP contribution in [-0.2, 0) is 0 Å². The SMILES string of the molecule is Cc1ccc(C(O)c2c(C)ccc3ccccc23)o1. The Labute approximate surface area is 112 Å². The van der Waals surface area contributed by atoms with Crippen LogP contribution in [0.1, 0.15) is 28.8 Å². The number of benzene rings is 2. The molecule has 0 spiro atoms. The first-order valence-corrected chi connectivity index (χ1v) is 6.39. The molecule has 3 rings (SSSR count). The van der Waals surface area contributed by atoms with E-state index in [1.807, 2.05) is 50.2 Å². The fourth-order valence-electron chi connectivity index (χ4n) is 2.51. The Morgan fingerprint density at radius 3 is 2.47 bits per heavy atom. The van der Waals surface area contributed by atoms with Crippen molar-refractivity contribution in [2.75, 3.05) is 0 Å². The van der Waals surface area contributed by atoms with Crippen LogP contribution in [0.15, 0.2) is 52.9 Å². The number of furan rings is 1. The molecule has 0 aliphatic rings. The van der Waals surface area contributed by atoms with Gasteiger partial charge in [0.1, 0.15) is 17.6 Å². The Kier molecular flexibility index (Phi) is 2.88. The normalized spacial score (nSPS) is 12.8. The minimum Gasteiger partial charge on any atom is -0.463 e. The van der Waals surface area contributed by atoms with Crippen LogP contribution in [0.2, 0.25) is 0 Å². The van der Waals surface area contributed by atoms with Crippen molar-refractivity contribution in [3.05, 3.63) is 71.2 Å². The van der Waals surface area contributed by atoms with Crippen molar-refractivity contribution in [3.8, 4) is 0 Å². The number of aliphatic hydroxyl groups excluding tert-OH is 1. The first-order chi connectivity index (χ1) is 9.16. The predicted molar refractivity (Wildman–Crippen MR) is 76.2 cm³/mol. The van der Waals surface area contributed by atoms with Gasteiger partial charge in [-0.3, -0.25) is 0 Å². The molecular formula is C17H16O2. The Bertz CT molecular complexity index is 725. The van der Waals surface area contributed by atoms with E-state index >= 15 is 0 Å². The molecule has 0 radical (unpaired) electrons. The highest BCUT2D eigenvalue weighted by Gasteiger charge is 2.18. The van der Waals surface area contributed by atoms with Gasteiger partial charge in [0.25, 0.3) is 0 Å². The first kappa shape index (κ1) is 12.0. The largest absolute Gasteiger partial charge is 0.463 e. The van der Waals surface area contributed by atoms with Crippen LogP contribution in [0.4, 0.5) is 0 Å². The van der Waals surface area contributed by atoms with E-state index in [0.717, 1.165) is 27.7 Å². The van der Waals surface area contributed by atoms with Gasteiger partial charge in [0.15, 0.2) is 0 Å². The predicted octanol–water partition coefficient (Wildman–Crippen LogP) is 4.13. The fourth-order valence-corrected chi connectivity index (χ4v) is 2.51. The summed E-state index contributed by atoms with van der Waals surface area (Å²) in [6.07, 6.45) is -0.722. The van der Waals surface area contributed by atoms with Crippen LogP contribution in [-0.4, -0.2) is 5.11 Å². The highest BCUT2D eigenvalue weighted by atomic mass is 16.4. The van der Waals surface area contributed by atoms with Crippen molar-refractivity contribution >= 4 is 10.8 Å². The molecule has 1 atom stereocenters. The lowest BCUT2D eigenvalue weighted by atomic mass is 9.94. The van der Waals surface area contributed by atoms with E-state index in [1.165, 1.54) is 0 Å². The zero-order valence-corrected chi connectivity index (χ0v) is 11.1. The van der Waals surface area contributed by atoms with Crippen LogP contribution in [0.25, 0.3) is 10.8 Å². The van der Waals surface area contributed by atoms with Crippen molar-refractivity contribution < 1.29 is 9.52 Å². The standard InChI is InChI=1S/C17H16O2/c1-11-7-9-13-5-3-4-6-14(13)16(11)17(18)15-10-8-12(2)19-15/h3-10,17-18H,1-2H3. The Morgan fingerprint density at radius 2 is 1.74 bits per heavy atom. The monoisotopic (exact) mass is 252 g/mol. The average molecular weight is 252 g/mol. The van der Waals surface area contributed by atoms with Gasteiger partial charge in [-0.05, 0) is 47.9 Å². The molecule has 1 unspecified atom stereocenters. The summed E-state index contributed by atoms with van der Waals surface area (Å²) < 4.78 is 5.55. The third-order valence-corrected chi connectivity index (χ3v) is 3.49. The van der Waals surface area contributed by atoms with E-state index in [9.17, 15) is 5.11 Å². The molecule has 2 aromatic carbocycles. The number of fused-ring (bicyclic) bond motifs is 1. The van der Waals surface area contributed by atoms with Gasteiger partial charge in [-0.25, -0.2) is 0 Å². The lowest BCUT2D eigenvalue weighted by molar-refractivity contribution is 0.188. The van der Waals surface area contributed by atoms with E-state index in [0.29, 0.717) is 5.76 Å². The highest BCUT2D eigenvalue weighted by Crippen LogP contribution is 2.32. The molecule has 0 bridgehead atoms. The van der Waals surface area contributed by atoms with Gasteiger partial charge in [-0.1, -0.05) is 36.4 Å². The lowest BCUT2D eigenvalue weighted by Crippen LogP contribution is -2.02. The number of rotatable bonds is 2. The first-order valence-electron chi connectivity index (χ1n) is 6.39.